The van der Waals surface area contributed by atoms with Gasteiger partial charge in [-0.3, -0.25) is 19.3 Å². The SMILES string of the molecule is CC(C)CN(CC(F)(F)F)[C@@H](CNC(=O)c1ccc(Cl)s1)C(=O)Nc1ccc(N2CCOCC2=O)c(C(F)(F)F)c1. The smallest absolute Gasteiger partial charge is 0.370 e. The third-order valence-corrected chi connectivity index (χ3v) is 7.05. The molecule has 8 nitrogen and oxygen atoms in total. The first-order chi connectivity index (χ1) is 19.0. The van der Waals surface area contributed by atoms with Gasteiger partial charge in [-0.25, -0.2) is 0 Å². The predicted octanol–water partition coefficient (Wildman–Crippen LogP) is 5.04. The Labute approximate surface area is 240 Å². The van der Waals surface area contributed by atoms with Crippen LogP contribution in [0.4, 0.5) is 37.7 Å². The van der Waals surface area contributed by atoms with Crippen molar-refractivity contribution in [1.29, 1.82) is 0 Å². The van der Waals surface area contributed by atoms with Crippen LogP contribution in [0.3, 0.4) is 0 Å². The number of benzene rings is 1. The van der Waals surface area contributed by atoms with Crippen LogP contribution >= 0.6 is 22.9 Å². The summed E-state index contributed by atoms with van der Waals surface area (Å²) in [4.78, 5) is 39.9. The maximum absolute atomic E-state index is 14.0. The summed E-state index contributed by atoms with van der Waals surface area (Å²) in [6.45, 7) is 0.489. The molecule has 0 unspecified atom stereocenters. The lowest BCUT2D eigenvalue weighted by Gasteiger charge is -2.33. The summed E-state index contributed by atoms with van der Waals surface area (Å²) in [6.07, 6.45) is -9.64. The second kappa shape index (κ2) is 13.4. The Balaban J connectivity index is 1.91. The van der Waals surface area contributed by atoms with Gasteiger partial charge in [0.05, 0.1) is 33.6 Å². The molecule has 0 saturated carbocycles. The molecule has 1 atom stereocenters. The van der Waals surface area contributed by atoms with Crippen LogP contribution in [-0.4, -0.2) is 74.2 Å². The van der Waals surface area contributed by atoms with E-state index in [1.165, 1.54) is 12.1 Å². The molecule has 1 aliphatic rings. The molecular weight excluding hydrogens is 602 g/mol. The largest absolute Gasteiger partial charge is 0.418 e. The van der Waals surface area contributed by atoms with Crippen LogP contribution in [-0.2, 0) is 20.5 Å². The minimum absolute atomic E-state index is 0.0253. The van der Waals surface area contributed by atoms with E-state index in [9.17, 15) is 40.7 Å². The highest BCUT2D eigenvalue weighted by Gasteiger charge is 2.39. The number of hydrogen-bond donors (Lipinski definition) is 2. The molecular formula is C25H27ClF6N4O4S. The molecule has 0 aliphatic carbocycles. The van der Waals surface area contributed by atoms with Crippen molar-refractivity contribution < 1.29 is 45.5 Å². The summed E-state index contributed by atoms with van der Waals surface area (Å²) < 4.78 is 87.6. The third-order valence-electron chi connectivity index (χ3n) is 5.82. The summed E-state index contributed by atoms with van der Waals surface area (Å²) in [6, 6.07) is 3.97. The average molecular weight is 629 g/mol. The fourth-order valence-corrected chi connectivity index (χ4v) is 5.14. The summed E-state index contributed by atoms with van der Waals surface area (Å²) in [5.74, 6) is -2.77. The first-order valence-electron chi connectivity index (χ1n) is 12.3. The van der Waals surface area contributed by atoms with Gasteiger partial charge in [0.25, 0.3) is 11.8 Å². The Hall–Kier alpha value is -2.88. The number of alkyl halides is 6. The van der Waals surface area contributed by atoms with E-state index in [4.69, 9.17) is 16.3 Å². The van der Waals surface area contributed by atoms with Gasteiger partial charge in [0.15, 0.2) is 0 Å². The molecule has 1 fully saturated rings. The summed E-state index contributed by atoms with van der Waals surface area (Å²) in [5, 5.41) is 4.68. The van der Waals surface area contributed by atoms with Crippen LogP contribution in [0.1, 0.15) is 29.1 Å². The zero-order valence-corrected chi connectivity index (χ0v) is 23.4. The Bertz CT molecular complexity index is 1250. The molecule has 2 heterocycles. The van der Waals surface area contributed by atoms with Crippen LogP contribution in [0.2, 0.25) is 4.34 Å². The van der Waals surface area contributed by atoms with Crippen molar-refractivity contribution in [1.82, 2.24) is 10.2 Å². The number of rotatable bonds is 10. The van der Waals surface area contributed by atoms with Crippen molar-refractivity contribution in [3.63, 3.8) is 0 Å². The van der Waals surface area contributed by atoms with Gasteiger partial charge in [0.1, 0.15) is 12.6 Å². The number of carbonyl (C=O) groups excluding carboxylic acids is 3. The fourth-order valence-electron chi connectivity index (χ4n) is 4.18. The van der Waals surface area contributed by atoms with Crippen molar-refractivity contribution in [2.45, 2.75) is 32.2 Å². The maximum atomic E-state index is 14.0. The van der Waals surface area contributed by atoms with Crippen molar-refractivity contribution in [3.8, 4) is 0 Å². The number of hydrogen-bond acceptors (Lipinski definition) is 6. The van der Waals surface area contributed by atoms with Crippen LogP contribution in [0.15, 0.2) is 30.3 Å². The lowest BCUT2D eigenvalue weighted by atomic mass is 10.1. The molecule has 3 rings (SSSR count). The number of ether oxygens (including phenoxy) is 1. The Morgan fingerprint density at radius 1 is 1.15 bits per heavy atom. The van der Waals surface area contributed by atoms with E-state index in [1.54, 1.807) is 13.8 Å². The number of nitrogens with zero attached hydrogens (tertiary/aromatic N) is 2. The topological polar surface area (TPSA) is 91.0 Å². The highest BCUT2D eigenvalue weighted by Crippen LogP contribution is 2.39. The van der Waals surface area contributed by atoms with Crippen LogP contribution in [0.5, 0.6) is 0 Å². The van der Waals surface area contributed by atoms with Crippen LogP contribution in [0.25, 0.3) is 0 Å². The molecule has 226 valence electrons. The minimum atomic E-state index is -4.93. The molecule has 16 heteroatoms. The van der Waals surface area contributed by atoms with E-state index in [-0.39, 0.29) is 36.2 Å². The number of halogens is 7. The summed E-state index contributed by atoms with van der Waals surface area (Å²) in [7, 11) is 0. The first-order valence-corrected chi connectivity index (χ1v) is 13.5. The van der Waals surface area contributed by atoms with Gasteiger partial charge in [-0.2, -0.15) is 26.3 Å². The second-order valence-corrected chi connectivity index (χ2v) is 11.3. The van der Waals surface area contributed by atoms with Crippen molar-refractivity contribution >= 4 is 52.0 Å². The quantitative estimate of drug-likeness (QED) is 0.360. The highest BCUT2D eigenvalue weighted by atomic mass is 35.5. The van der Waals surface area contributed by atoms with Gasteiger partial charge < -0.3 is 20.3 Å². The molecule has 0 bridgehead atoms. The molecule has 0 radical (unpaired) electrons. The molecule has 3 amide bonds. The first kappa shape index (κ1) is 32.6. The molecule has 41 heavy (non-hydrogen) atoms. The zero-order chi connectivity index (χ0) is 30.5. The van der Waals surface area contributed by atoms with Gasteiger partial charge in [-0.15, -0.1) is 11.3 Å². The maximum Gasteiger partial charge on any atom is 0.418 e. The van der Waals surface area contributed by atoms with Gasteiger partial charge in [0.2, 0.25) is 5.91 Å². The summed E-state index contributed by atoms with van der Waals surface area (Å²) in [5.41, 5.74) is -2.02. The molecule has 2 N–H and O–H groups in total. The summed E-state index contributed by atoms with van der Waals surface area (Å²) >= 11 is 6.76. The number of morpholine rings is 1. The number of anilines is 2. The van der Waals surface area contributed by atoms with Crippen molar-refractivity contribution in [3.05, 3.63) is 45.1 Å². The minimum Gasteiger partial charge on any atom is -0.370 e. The highest BCUT2D eigenvalue weighted by molar-refractivity contribution is 7.18. The average Bonchev–Trinajstić information content (AvgIpc) is 3.29. The van der Waals surface area contributed by atoms with Crippen molar-refractivity contribution in [2.24, 2.45) is 5.92 Å². The van der Waals surface area contributed by atoms with Gasteiger partial charge >= 0.3 is 12.4 Å². The lowest BCUT2D eigenvalue weighted by Crippen LogP contribution is -2.54. The van der Waals surface area contributed by atoms with E-state index < -0.39 is 67.1 Å². The third kappa shape index (κ3) is 9.31. The number of nitrogens with one attached hydrogen (secondary N) is 2. The Morgan fingerprint density at radius 2 is 1.85 bits per heavy atom. The standard InChI is InChI=1S/C25H27ClF6N4O4S/c1-14(2)11-35(13-24(27,28)29)18(10-33-23(39)19-5-6-20(26)41-19)22(38)34-15-3-4-17(16(9-15)25(30,31)32)36-7-8-40-12-21(36)37/h3-6,9,14,18H,7-8,10-13H2,1-2H3,(H,33,39)(H,34,38)/t18-/m0/s1. The number of carbonyl (C=O) groups is 3. The van der Waals surface area contributed by atoms with Crippen LogP contribution in [0, 0.1) is 5.92 Å². The Kier molecular flexibility index (Phi) is 10.7. The molecule has 1 aromatic heterocycles. The normalized spacial score (nSPS) is 15.4. The molecule has 1 saturated heterocycles. The van der Waals surface area contributed by atoms with Gasteiger partial charge in [0, 0.05) is 25.3 Å². The van der Waals surface area contributed by atoms with Gasteiger partial charge in [-0.05, 0) is 36.2 Å². The molecule has 1 aliphatic heterocycles. The molecule has 0 spiro atoms. The zero-order valence-electron chi connectivity index (χ0n) is 21.9. The van der Waals surface area contributed by atoms with Crippen molar-refractivity contribution in [2.75, 3.05) is 49.6 Å². The van der Waals surface area contributed by atoms with E-state index in [1.807, 2.05) is 0 Å². The van der Waals surface area contributed by atoms with E-state index >= 15 is 0 Å². The van der Waals surface area contributed by atoms with E-state index in [2.05, 4.69) is 10.6 Å². The monoisotopic (exact) mass is 628 g/mol. The fraction of sp³-hybridized carbons (Fsp3) is 0.480. The number of amides is 3. The Morgan fingerprint density at radius 3 is 2.41 bits per heavy atom. The van der Waals surface area contributed by atoms with E-state index in [0.29, 0.717) is 10.4 Å². The van der Waals surface area contributed by atoms with E-state index in [0.717, 1.165) is 33.3 Å². The lowest BCUT2D eigenvalue weighted by molar-refractivity contribution is -0.154. The van der Waals surface area contributed by atoms with Gasteiger partial charge in [-0.1, -0.05) is 25.4 Å². The second-order valence-electron chi connectivity index (χ2n) is 9.58. The number of thiophene rings is 1. The molecule has 2 aromatic rings. The predicted molar refractivity (Wildman–Crippen MR) is 141 cm³/mol. The van der Waals surface area contributed by atoms with Crippen LogP contribution < -0.4 is 15.5 Å². The molecule has 1 aromatic carbocycles.